The van der Waals surface area contributed by atoms with Crippen LogP contribution >= 0.6 is 0 Å². The van der Waals surface area contributed by atoms with Crippen molar-refractivity contribution in [1.29, 1.82) is 0 Å². The van der Waals surface area contributed by atoms with Gasteiger partial charge in [-0.2, -0.15) is 0 Å². The maximum atomic E-state index is 5.44. The van der Waals surface area contributed by atoms with E-state index >= 15 is 0 Å². The van der Waals surface area contributed by atoms with Crippen LogP contribution in [-0.2, 0) is 17.8 Å². The molecular formula is C25H32N2O. The van der Waals surface area contributed by atoms with Gasteiger partial charge in [0.15, 0.2) is 0 Å². The number of aryl methyl sites for hydroxylation is 1. The third kappa shape index (κ3) is 4.55. The van der Waals surface area contributed by atoms with Gasteiger partial charge in [-0.15, -0.1) is 0 Å². The van der Waals surface area contributed by atoms with E-state index in [1.54, 1.807) is 13.2 Å². The molecule has 0 amide bonds. The van der Waals surface area contributed by atoms with Gasteiger partial charge >= 0.3 is 0 Å². The van der Waals surface area contributed by atoms with Crippen molar-refractivity contribution in [2.24, 2.45) is 0 Å². The summed E-state index contributed by atoms with van der Waals surface area (Å²) in [5, 5.41) is 4.76. The first-order chi connectivity index (χ1) is 13.6. The van der Waals surface area contributed by atoms with Gasteiger partial charge < -0.3 is 14.6 Å². The van der Waals surface area contributed by atoms with E-state index in [0.717, 1.165) is 24.4 Å². The fourth-order valence-electron chi connectivity index (χ4n) is 3.60. The Morgan fingerprint density at radius 3 is 2.61 bits per heavy atom. The van der Waals surface area contributed by atoms with E-state index in [1.807, 2.05) is 32.1 Å². The topological polar surface area (TPSA) is 26.2 Å². The summed E-state index contributed by atoms with van der Waals surface area (Å²) in [6.07, 6.45) is 11.9. The third-order valence-corrected chi connectivity index (χ3v) is 4.82. The number of aromatic nitrogens is 1. The van der Waals surface area contributed by atoms with Gasteiger partial charge in [0.25, 0.3) is 0 Å². The predicted octanol–water partition coefficient (Wildman–Crippen LogP) is 6.09. The smallest absolute Gasteiger partial charge is 0.119 e. The Morgan fingerprint density at radius 2 is 2.04 bits per heavy atom. The van der Waals surface area contributed by atoms with Gasteiger partial charge in [0, 0.05) is 47.4 Å². The van der Waals surface area contributed by atoms with Crippen LogP contribution < -0.4 is 5.32 Å². The summed E-state index contributed by atoms with van der Waals surface area (Å²) in [7, 11) is 1.69. The van der Waals surface area contributed by atoms with Crippen molar-refractivity contribution in [3.8, 4) is 0 Å². The van der Waals surface area contributed by atoms with Crippen LogP contribution in [0, 0.1) is 0 Å². The number of fused-ring (bicyclic) bond motifs is 1. The molecule has 1 aromatic heterocycles. The van der Waals surface area contributed by atoms with E-state index in [0.29, 0.717) is 6.54 Å². The van der Waals surface area contributed by atoms with Crippen LogP contribution in [0.25, 0.3) is 23.1 Å². The van der Waals surface area contributed by atoms with E-state index in [1.165, 1.54) is 27.7 Å². The zero-order chi connectivity index (χ0) is 20.5. The number of rotatable bonds is 10. The number of benzene rings is 1. The highest BCUT2D eigenvalue weighted by Gasteiger charge is 2.13. The molecule has 1 aromatic carbocycles. The number of ether oxygens (including phenoxy) is 1. The van der Waals surface area contributed by atoms with Crippen molar-refractivity contribution in [3.63, 3.8) is 0 Å². The molecular weight excluding hydrogens is 344 g/mol. The minimum Gasteiger partial charge on any atom is -0.497 e. The number of hydrogen-bond donors (Lipinski definition) is 1. The zero-order valence-electron chi connectivity index (χ0n) is 17.6. The monoisotopic (exact) mass is 376 g/mol. The molecule has 1 N–H and O–H groups in total. The molecule has 148 valence electrons. The molecule has 0 saturated heterocycles. The second-order valence-electron chi connectivity index (χ2n) is 6.49. The van der Waals surface area contributed by atoms with Gasteiger partial charge in [0.2, 0.25) is 0 Å². The minimum atomic E-state index is 0.714. The average molecular weight is 377 g/mol. The Labute approximate surface area is 169 Å². The first-order valence-electron chi connectivity index (χ1n) is 9.78. The summed E-state index contributed by atoms with van der Waals surface area (Å²) in [4.78, 5) is 0. The summed E-state index contributed by atoms with van der Waals surface area (Å²) >= 11 is 0. The van der Waals surface area contributed by atoms with E-state index in [9.17, 15) is 0 Å². The van der Waals surface area contributed by atoms with Crippen LogP contribution in [-0.4, -0.2) is 18.2 Å². The molecule has 28 heavy (non-hydrogen) atoms. The molecule has 0 unspecified atom stereocenters. The normalized spacial score (nSPS) is 12.7. The van der Waals surface area contributed by atoms with Crippen molar-refractivity contribution < 1.29 is 4.74 Å². The Kier molecular flexibility index (Phi) is 8.09. The largest absolute Gasteiger partial charge is 0.497 e. The average Bonchev–Trinajstić information content (AvgIpc) is 3.00. The second kappa shape index (κ2) is 10.5. The summed E-state index contributed by atoms with van der Waals surface area (Å²) in [5.74, 6) is 0.868. The predicted molar refractivity (Wildman–Crippen MR) is 123 cm³/mol. The molecule has 0 aliphatic rings. The molecule has 0 aliphatic heterocycles. The van der Waals surface area contributed by atoms with Crippen LogP contribution in [0.5, 0.6) is 0 Å². The first kappa shape index (κ1) is 21.5. The third-order valence-electron chi connectivity index (χ3n) is 4.82. The van der Waals surface area contributed by atoms with Crippen molar-refractivity contribution in [3.05, 3.63) is 83.8 Å². The summed E-state index contributed by atoms with van der Waals surface area (Å²) in [6.45, 7) is 16.5. The number of allylic oxidation sites excluding steroid dienone is 4. The Balaban J connectivity index is 2.28. The highest BCUT2D eigenvalue weighted by molar-refractivity contribution is 5.94. The van der Waals surface area contributed by atoms with E-state index in [-0.39, 0.29) is 0 Å². The van der Waals surface area contributed by atoms with Crippen molar-refractivity contribution in [2.75, 3.05) is 13.7 Å². The van der Waals surface area contributed by atoms with Gasteiger partial charge in [0.05, 0.1) is 7.11 Å². The van der Waals surface area contributed by atoms with Gasteiger partial charge in [0.1, 0.15) is 5.76 Å². The van der Waals surface area contributed by atoms with Gasteiger partial charge in [-0.3, -0.25) is 0 Å². The van der Waals surface area contributed by atoms with E-state index in [2.05, 4.69) is 60.3 Å². The Hall–Kier alpha value is -2.78. The number of nitrogens with zero attached hydrogens (tertiary/aromatic N) is 1. The minimum absolute atomic E-state index is 0.714. The molecule has 3 nitrogen and oxygen atoms in total. The van der Waals surface area contributed by atoms with Crippen molar-refractivity contribution in [2.45, 2.75) is 33.9 Å². The van der Waals surface area contributed by atoms with Gasteiger partial charge in [-0.1, -0.05) is 43.5 Å². The molecule has 3 heteroatoms. The molecule has 0 fully saturated rings. The molecule has 0 atom stereocenters. The van der Waals surface area contributed by atoms with Gasteiger partial charge in [-0.25, -0.2) is 0 Å². The Bertz CT molecular complexity index is 926. The maximum absolute atomic E-state index is 5.44. The number of hydrogen-bond acceptors (Lipinski definition) is 2. The molecule has 0 bridgehead atoms. The van der Waals surface area contributed by atoms with Crippen molar-refractivity contribution in [1.82, 2.24) is 9.88 Å². The lowest BCUT2D eigenvalue weighted by molar-refractivity contribution is 0.298. The highest BCUT2D eigenvalue weighted by Crippen LogP contribution is 2.29. The van der Waals surface area contributed by atoms with E-state index < -0.39 is 0 Å². The summed E-state index contributed by atoms with van der Waals surface area (Å²) in [6, 6.07) is 6.67. The van der Waals surface area contributed by atoms with Crippen LogP contribution in [0.1, 0.15) is 37.6 Å². The molecule has 1 heterocycles. The molecule has 2 aromatic rings. The molecule has 0 radical (unpaired) electrons. The highest BCUT2D eigenvalue weighted by atomic mass is 16.5. The second-order valence-corrected chi connectivity index (χ2v) is 6.49. The molecule has 0 aliphatic carbocycles. The number of methoxy groups -OCH3 is 1. The maximum Gasteiger partial charge on any atom is 0.119 e. The van der Waals surface area contributed by atoms with Gasteiger partial charge in [-0.05, 0) is 50.6 Å². The van der Waals surface area contributed by atoms with Crippen LogP contribution in [0.4, 0.5) is 0 Å². The molecule has 0 saturated carbocycles. The lowest BCUT2D eigenvalue weighted by Crippen LogP contribution is -2.18. The quantitative estimate of drug-likeness (QED) is 0.401. The first-order valence-corrected chi connectivity index (χ1v) is 9.78. The lowest BCUT2D eigenvalue weighted by atomic mass is 10.1. The fourth-order valence-corrected chi connectivity index (χ4v) is 3.60. The van der Waals surface area contributed by atoms with Crippen LogP contribution in [0.15, 0.2) is 67.0 Å². The molecule has 2 rings (SSSR count). The summed E-state index contributed by atoms with van der Waals surface area (Å²) in [5.41, 5.74) is 5.99. The lowest BCUT2D eigenvalue weighted by Gasteiger charge is -2.12. The van der Waals surface area contributed by atoms with E-state index in [4.69, 9.17) is 4.74 Å². The standard InChI is InChI=1S/C25H32N2O/c1-7-12-20(25(10-4)28-6)18-26-17-19-14-15-24-22(16-19)21(9-3)23(13-8-2)27(24)11-5/h7-10,12-16,26H,1,3,11,17-18H2,2,4-6H3/b13-8-,20-12-,25-10+. The zero-order valence-corrected chi connectivity index (χ0v) is 17.6. The Morgan fingerprint density at radius 1 is 1.25 bits per heavy atom. The molecule has 0 spiro atoms. The fraction of sp³-hybridized carbons (Fsp3) is 0.280. The SMILES string of the molecule is C=C/C=C(CNCc1ccc2c(c1)c(C=C)c(/C=C\C)n2CC)\C(=C/C)OC. The summed E-state index contributed by atoms with van der Waals surface area (Å²) < 4.78 is 7.78. The van der Waals surface area contributed by atoms with Crippen LogP contribution in [0.2, 0.25) is 0 Å². The van der Waals surface area contributed by atoms with Crippen molar-refractivity contribution >= 4 is 23.1 Å². The number of nitrogens with one attached hydrogen (secondary N) is 1. The van der Waals surface area contributed by atoms with Crippen LogP contribution in [0.3, 0.4) is 0 Å².